The zero-order valence-electron chi connectivity index (χ0n) is 9.94. The second kappa shape index (κ2) is 6.55. The summed E-state index contributed by atoms with van der Waals surface area (Å²) in [5, 5.41) is 3.23. The van der Waals surface area contributed by atoms with Gasteiger partial charge in [0.15, 0.2) is 0 Å². The first-order chi connectivity index (χ1) is 9.15. The van der Waals surface area contributed by atoms with Gasteiger partial charge in [0.2, 0.25) is 5.91 Å². The summed E-state index contributed by atoms with van der Waals surface area (Å²) in [6.07, 6.45) is 3.23. The summed E-state index contributed by atoms with van der Waals surface area (Å²) < 4.78 is 0.871. The first-order valence-electron chi connectivity index (χ1n) is 5.64. The Morgan fingerprint density at radius 1 is 1.16 bits per heavy atom. The predicted molar refractivity (Wildman–Crippen MR) is 83.3 cm³/mol. The Balaban J connectivity index is 2.04. The van der Waals surface area contributed by atoms with Gasteiger partial charge in [-0.2, -0.15) is 0 Å². The molecule has 0 bridgehead atoms. The van der Waals surface area contributed by atoms with Crippen LogP contribution in [0.1, 0.15) is 5.56 Å². The van der Waals surface area contributed by atoms with Crippen LogP contribution in [-0.4, -0.2) is 5.91 Å². The highest BCUT2D eigenvalue weighted by atomic mass is 79.9. The van der Waals surface area contributed by atoms with E-state index >= 15 is 0 Å². The van der Waals surface area contributed by atoms with Crippen molar-refractivity contribution >= 4 is 45.2 Å². The summed E-state index contributed by atoms with van der Waals surface area (Å²) in [7, 11) is 0. The van der Waals surface area contributed by atoms with E-state index in [4.69, 9.17) is 11.6 Å². The van der Waals surface area contributed by atoms with Crippen molar-refractivity contribution in [1.82, 2.24) is 0 Å². The zero-order chi connectivity index (χ0) is 13.7. The van der Waals surface area contributed by atoms with E-state index in [9.17, 15) is 4.79 Å². The molecule has 2 aromatic rings. The summed E-state index contributed by atoms with van der Waals surface area (Å²) in [5.74, 6) is -0.215. The third kappa shape index (κ3) is 4.23. The Bertz CT molecular complexity index is 611. The molecule has 0 aromatic heterocycles. The van der Waals surface area contributed by atoms with Crippen LogP contribution >= 0.6 is 27.5 Å². The number of carbonyl (C=O) groups excluding carboxylic acids is 1. The fourth-order valence-corrected chi connectivity index (χ4v) is 2.22. The highest BCUT2D eigenvalue weighted by Crippen LogP contribution is 2.25. The van der Waals surface area contributed by atoms with Gasteiger partial charge < -0.3 is 5.32 Å². The monoisotopic (exact) mass is 335 g/mol. The Hall–Kier alpha value is -1.58. The molecule has 0 fully saturated rings. The number of carbonyl (C=O) groups is 1. The topological polar surface area (TPSA) is 29.1 Å². The fraction of sp³-hybridized carbons (Fsp3) is 0. The molecular weight excluding hydrogens is 326 g/mol. The number of amides is 1. The zero-order valence-corrected chi connectivity index (χ0v) is 12.3. The molecule has 1 N–H and O–H groups in total. The second-order valence-electron chi connectivity index (χ2n) is 3.86. The van der Waals surface area contributed by atoms with Crippen molar-refractivity contribution in [2.45, 2.75) is 0 Å². The van der Waals surface area contributed by atoms with Crippen LogP contribution in [0.3, 0.4) is 0 Å². The molecule has 2 nitrogen and oxygen atoms in total. The van der Waals surface area contributed by atoms with E-state index < -0.39 is 0 Å². The highest BCUT2D eigenvalue weighted by molar-refractivity contribution is 9.10. The molecule has 0 spiro atoms. The van der Waals surface area contributed by atoms with Gasteiger partial charge in [0.25, 0.3) is 0 Å². The van der Waals surface area contributed by atoms with Crippen molar-refractivity contribution in [2.24, 2.45) is 0 Å². The highest BCUT2D eigenvalue weighted by Gasteiger charge is 2.03. The lowest BCUT2D eigenvalue weighted by Crippen LogP contribution is -2.08. The molecule has 96 valence electrons. The lowest BCUT2D eigenvalue weighted by molar-refractivity contribution is -0.111. The third-order valence-corrected chi connectivity index (χ3v) is 3.22. The molecular formula is C15H11BrClNO. The summed E-state index contributed by atoms with van der Waals surface area (Å²) in [6.45, 7) is 0. The minimum Gasteiger partial charge on any atom is -0.321 e. The van der Waals surface area contributed by atoms with Gasteiger partial charge in [0, 0.05) is 10.5 Å². The van der Waals surface area contributed by atoms with Crippen LogP contribution in [0.25, 0.3) is 6.08 Å². The lowest BCUT2D eigenvalue weighted by atomic mass is 10.2. The van der Waals surface area contributed by atoms with Crippen molar-refractivity contribution in [2.75, 3.05) is 5.32 Å². The number of anilines is 1. The second-order valence-corrected chi connectivity index (χ2v) is 5.18. The molecule has 0 saturated heterocycles. The predicted octanol–water partition coefficient (Wildman–Crippen LogP) is 4.75. The Kier molecular flexibility index (Phi) is 4.77. The molecule has 0 atom stereocenters. The van der Waals surface area contributed by atoms with Gasteiger partial charge in [-0.25, -0.2) is 0 Å². The van der Waals surface area contributed by atoms with Gasteiger partial charge in [-0.05, 0) is 29.8 Å². The molecule has 0 radical (unpaired) electrons. The number of halogens is 2. The van der Waals surface area contributed by atoms with Crippen LogP contribution in [0.15, 0.2) is 59.1 Å². The smallest absolute Gasteiger partial charge is 0.248 e. The van der Waals surface area contributed by atoms with Gasteiger partial charge in [0.05, 0.1) is 10.7 Å². The number of benzene rings is 2. The maximum atomic E-state index is 11.8. The average Bonchev–Trinajstić information content (AvgIpc) is 2.41. The Labute approximate surface area is 125 Å². The molecule has 2 aromatic carbocycles. The normalized spacial score (nSPS) is 10.6. The minimum atomic E-state index is -0.215. The average molecular weight is 337 g/mol. The fourth-order valence-electron chi connectivity index (χ4n) is 1.50. The third-order valence-electron chi connectivity index (χ3n) is 2.42. The van der Waals surface area contributed by atoms with Gasteiger partial charge >= 0.3 is 0 Å². The summed E-state index contributed by atoms with van der Waals surface area (Å²) >= 11 is 9.33. The van der Waals surface area contributed by atoms with E-state index in [2.05, 4.69) is 21.2 Å². The molecule has 1 amide bonds. The van der Waals surface area contributed by atoms with Crippen LogP contribution in [0.2, 0.25) is 5.02 Å². The van der Waals surface area contributed by atoms with Crippen LogP contribution in [0.5, 0.6) is 0 Å². The Morgan fingerprint density at radius 3 is 2.58 bits per heavy atom. The van der Waals surface area contributed by atoms with Crippen molar-refractivity contribution < 1.29 is 4.79 Å². The maximum Gasteiger partial charge on any atom is 0.248 e. The lowest BCUT2D eigenvalue weighted by Gasteiger charge is -2.04. The molecule has 0 aliphatic heterocycles. The SMILES string of the molecule is O=C(/C=C\c1ccccc1)Nc1ccc(Br)cc1Cl. The molecule has 0 unspecified atom stereocenters. The minimum absolute atomic E-state index is 0.215. The molecule has 0 aliphatic carbocycles. The molecule has 19 heavy (non-hydrogen) atoms. The molecule has 0 heterocycles. The molecule has 2 rings (SSSR count). The van der Waals surface area contributed by atoms with Crippen LogP contribution in [0.4, 0.5) is 5.69 Å². The number of hydrogen-bond acceptors (Lipinski definition) is 1. The van der Waals surface area contributed by atoms with Crippen molar-refractivity contribution in [3.8, 4) is 0 Å². The van der Waals surface area contributed by atoms with E-state index in [-0.39, 0.29) is 5.91 Å². The maximum absolute atomic E-state index is 11.8. The Morgan fingerprint density at radius 2 is 1.89 bits per heavy atom. The van der Waals surface area contributed by atoms with Gasteiger partial charge in [-0.1, -0.05) is 57.9 Å². The van der Waals surface area contributed by atoms with E-state index in [0.29, 0.717) is 10.7 Å². The van der Waals surface area contributed by atoms with Gasteiger partial charge in [0.1, 0.15) is 0 Å². The number of rotatable bonds is 3. The largest absolute Gasteiger partial charge is 0.321 e. The van der Waals surface area contributed by atoms with E-state index in [1.165, 1.54) is 6.08 Å². The van der Waals surface area contributed by atoms with Crippen molar-refractivity contribution in [3.63, 3.8) is 0 Å². The van der Waals surface area contributed by atoms with Crippen LogP contribution in [-0.2, 0) is 4.79 Å². The number of nitrogens with one attached hydrogen (secondary N) is 1. The standard InChI is InChI=1S/C15H11BrClNO/c16-12-7-8-14(13(17)10-12)18-15(19)9-6-11-4-2-1-3-5-11/h1-10H,(H,18,19)/b9-6-. The summed E-state index contributed by atoms with van der Waals surface area (Å²) in [4.78, 5) is 11.8. The van der Waals surface area contributed by atoms with Gasteiger partial charge in [-0.15, -0.1) is 0 Å². The van der Waals surface area contributed by atoms with E-state index in [0.717, 1.165) is 10.0 Å². The van der Waals surface area contributed by atoms with Gasteiger partial charge in [-0.3, -0.25) is 4.79 Å². The first kappa shape index (κ1) is 13.8. The van der Waals surface area contributed by atoms with Crippen LogP contribution < -0.4 is 5.32 Å². The summed E-state index contributed by atoms with van der Waals surface area (Å²) in [6, 6.07) is 14.9. The van der Waals surface area contributed by atoms with Crippen molar-refractivity contribution in [3.05, 3.63) is 69.7 Å². The van der Waals surface area contributed by atoms with Crippen molar-refractivity contribution in [1.29, 1.82) is 0 Å². The first-order valence-corrected chi connectivity index (χ1v) is 6.81. The summed E-state index contributed by atoms with van der Waals surface area (Å²) in [5.41, 5.74) is 1.56. The quantitative estimate of drug-likeness (QED) is 0.805. The van der Waals surface area contributed by atoms with E-state index in [1.807, 2.05) is 36.4 Å². The number of hydrogen-bond donors (Lipinski definition) is 1. The van der Waals surface area contributed by atoms with E-state index in [1.54, 1.807) is 18.2 Å². The molecule has 0 aliphatic rings. The van der Waals surface area contributed by atoms with Crippen LogP contribution in [0, 0.1) is 0 Å². The molecule has 0 saturated carbocycles. The molecule has 4 heteroatoms.